The third kappa shape index (κ3) is 2.71. The van der Waals surface area contributed by atoms with Gasteiger partial charge in [0.25, 0.3) is 0 Å². The molecule has 1 N–H and O–H groups in total. The van der Waals surface area contributed by atoms with Crippen LogP contribution in [-0.2, 0) is 0 Å². The molecule has 0 aliphatic carbocycles. The maximum absolute atomic E-state index is 6.15. The molecule has 3 rings (SSSR count). The van der Waals surface area contributed by atoms with E-state index in [-0.39, 0.29) is 0 Å². The van der Waals surface area contributed by atoms with E-state index in [9.17, 15) is 0 Å². The molecular weight excluding hydrogens is 274 g/mol. The Morgan fingerprint density at radius 3 is 2.79 bits per heavy atom. The van der Waals surface area contributed by atoms with Gasteiger partial charge in [-0.05, 0) is 73.0 Å². The average Bonchev–Trinajstić information content (AvgIpc) is 2.82. The predicted molar refractivity (Wildman–Crippen MR) is 84.3 cm³/mol. The molecule has 0 atom stereocenters. The summed E-state index contributed by atoms with van der Waals surface area (Å²) in [6.45, 7) is 4.48. The molecule has 0 saturated carbocycles. The summed E-state index contributed by atoms with van der Waals surface area (Å²) in [6.07, 6.45) is 2.49. The first kappa shape index (κ1) is 13.2. The van der Waals surface area contributed by atoms with Crippen molar-refractivity contribution < 1.29 is 0 Å². The summed E-state index contributed by atoms with van der Waals surface area (Å²) in [4.78, 5) is 1.54. The van der Waals surface area contributed by atoms with Crippen LogP contribution in [0.2, 0.25) is 5.02 Å². The van der Waals surface area contributed by atoms with E-state index in [0.717, 1.165) is 18.1 Å². The second-order valence-electron chi connectivity index (χ2n) is 5.19. The topological polar surface area (TPSA) is 12.0 Å². The molecule has 0 amide bonds. The minimum Gasteiger partial charge on any atom is -0.317 e. The van der Waals surface area contributed by atoms with E-state index in [1.54, 1.807) is 4.88 Å². The van der Waals surface area contributed by atoms with Crippen molar-refractivity contribution in [2.45, 2.75) is 25.7 Å². The van der Waals surface area contributed by atoms with Crippen LogP contribution in [0, 0.1) is 6.92 Å². The van der Waals surface area contributed by atoms with Gasteiger partial charge in [-0.25, -0.2) is 0 Å². The van der Waals surface area contributed by atoms with Crippen molar-refractivity contribution in [1.29, 1.82) is 0 Å². The average molecular weight is 292 g/mol. The Balaban J connectivity index is 2.03. The molecule has 1 aromatic carbocycles. The van der Waals surface area contributed by atoms with Crippen molar-refractivity contribution in [2.75, 3.05) is 13.1 Å². The number of piperidine rings is 1. The molecule has 0 bridgehead atoms. The highest BCUT2D eigenvalue weighted by molar-refractivity contribution is 7.10. The van der Waals surface area contributed by atoms with Crippen LogP contribution in [0.5, 0.6) is 0 Å². The quantitative estimate of drug-likeness (QED) is 0.834. The molecule has 0 radical (unpaired) electrons. The standard InChI is InChI=1S/C16H18ClNS/c1-11-10-19-16(12-5-7-18-8-6-12)15(11)13-3-2-4-14(17)9-13/h2-4,9-10,12,18H,5-8H2,1H3. The summed E-state index contributed by atoms with van der Waals surface area (Å²) in [5, 5.41) is 6.55. The summed E-state index contributed by atoms with van der Waals surface area (Å²) in [7, 11) is 0. The van der Waals surface area contributed by atoms with E-state index < -0.39 is 0 Å². The van der Waals surface area contributed by atoms with E-state index >= 15 is 0 Å². The van der Waals surface area contributed by atoms with Crippen LogP contribution >= 0.6 is 22.9 Å². The fourth-order valence-corrected chi connectivity index (χ4v) is 4.30. The van der Waals surface area contributed by atoms with Crippen LogP contribution in [0.1, 0.15) is 29.2 Å². The Hall–Kier alpha value is -0.830. The Morgan fingerprint density at radius 2 is 2.05 bits per heavy atom. The van der Waals surface area contributed by atoms with Crippen LogP contribution in [0.15, 0.2) is 29.6 Å². The number of hydrogen-bond donors (Lipinski definition) is 1. The summed E-state index contributed by atoms with van der Waals surface area (Å²) in [5.41, 5.74) is 4.06. The summed E-state index contributed by atoms with van der Waals surface area (Å²) in [5.74, 6) is 0.703. The minimum absolute atomic E-state index is 0.703. The third-order valence-electron chi connectivity index (χ3n) is 3.83. The lowest BCUT2D eigenvalue weighted by Gasteiger charge is -2.23. The normalized spacial score (nSPS) is 16.7. The highest BCUT2D eigenvalue weighted by Gasteiger charge is 2.21. The number of hydrogen-bond acceptors (Lipinski definition) is 2. The lowest BCUT2D eigenvalue weighted by Crippen LogP contribution is -2.26. The molecule has 1 fully saturated rings. The molecule has 3 heteroatoms. The highest BCUT2D eigenvalue weighted by atomic mass is 35.5. The Morgan fingerprint density at radius 1 is 1.26 bits per heavy atom. The molecular formula is C16H18ClNS. The predicted octanol–water partition coefficient (Wildman–Crippen LogP) is 4.84. The van der Waals surface area contributed by atoms with Gasteiger partial charge in [-0.15, -0.1) is 11.3 Å². The fourth-order valence-electron chi connectivity index (χ4n) is 2.86. The third-order valence-corrected chi connectivity index (χ3v) is 5.32. The summed E-state index contributed by atoms with van der Waals surface area (Å²) in [6, 6.07) is 8.24. The molecule has 0 unspecified atom stereocenters. The second kappa shape index (κ2) is 5.66. The molecule has 100 valence electrons. The number of aryl methyl sites for hydroxylation is 1. The van der Waals surface area contributed by atoms with Crippen molar-refractivity contribution >= 4 is 22.9 Å². The van der Waals surface area contributed by atoms with Gasteiger partial charge in [-0.3, -0.25) is 0 Å². The maximum Gasteiger partial charge on any atom is 0.0412 e. The largest absolute Gasteiger partial charge is 0.317 e. The van der Waals surface area contributed by atoms with Crippen molar-refractivity contribution in [3.05, 3.63) is 45.1 Å². The van der Waals surface area contributed by atoms with Gasteiger partial charge in [-0.2, -0.15) is 0 Å². The first-order chi connectivity index (χ1) is 9.25. The molecule has 19 heavy (non-hydrogen) atoms. The molecule has 1 nitrogen and oxygen atoms in total. The first-order valence-corrected chi connectivity index (χ1v) is 8.06. The lowest BCUT2D eigenvalue weighted by atomic mass is 9.90. The SMILES string of the molecule is Cc1csc(C2CCNCC2)c1-c1cccc(Cl)c1. The Kier molecular flexibility index (Phi) is 3.92. The fraction of sp³-hybridized carbons (Fsp3) is 0.375. The smallest absolute Gasteiger partial charge is 0.0412 e. The Bertz CT molecular complexity index is 570. The van der Waals surface area contributed by atoms with E-state index in [2.05, 4.69) is 29.8 Å². The van der Waals surface area contributed by atoms with Crippen LogP contribution in [0.25, 0.3) is 11.1 Å². The van der Waals surface area contributed by atoms with Gasteiger partial charge in [0.15, 0.2) is 0 Å². The van der Waals surface area contributed by atoms with Crippen LogP contribution < -0.4 is 5.32 Å². The van der Waals surface area contributed by atoms with Crippen LogP contribution in [-0.4, -0.2) is 13.1 Å². The zero-order valence-electron chi connectivity index (χ0n) is 11.1. The zero-order valence-corrected chi connectivity index (χ0v) is 12.7. The van der Waals surface area contributed by atoms with E-state index in [1.165, 1.54) is 29.5 Å². The van der Waals surface area contributed by atoms with Gasteiger partial charge >= 0.3 is 0 Å². The number of rotatable bonds is 2. The van der Waals surface area contributed by atoms with Crippen molar-refractivity contribution in [1.82, 2.24) is 5.32 Å². The minimum atomic E-state index is 0.703. The first-order valence-electron chi connectivity index (χ1n) is 6.80. The van der Waals surface area contributed by atoms with Gasteiger partial charge < -0.3 is 5.32 Å². The molecule has 0 spiro atoms. The Labute approximate surface area is 123 Å². The molecule has 1 aromatic heterocycles. The molecule has 2 heterocycles. The zero-order chi connectivity index (χ0) is 13.2. The van der Waals surface area contributed by atoms with E-state index in [4.69, 9.17) is 11.6 Å². The van der Waals surface area contributed by atoms with Gasteiger partial charge in [0.1, 0.15) is 0 Å². The van der Waals surface area contributed by atoms with Gasteiger partial charge in [-0.1, -0.05) is 23.7 Å². The highest BCUT2D eigenvalue weighted by Crippen LogP contribution is 2.41. The van der Waals surface area contributed by atoms with Crippen molar-refractivity contribution in [2.24, 2.45) is 0 Å². The number of benzene rings is 1. The van der Waals surface area contributed by atoms with Gasteiger partial charge in [0, 0.05) is 9.90 Å². The van der Waals surface area contributed by atoms with Gasteiger partial charge in [0.2, 0.25) is 0 Å². The maximum atomic E-state index is 6.15. The van der Waals surface area contributed by atoms with Crippen molar-refractivity contribution in [3.8, 4) is 11.1 Å². The summed E-state index contributed by atoms with van der Waals surface area (Å²) < 4.78 is 0. The van der Waals surface area contributed by atoms with E-state index in [0.29, 0.717) is 5.92 Å². The van der Waals surface area contributed by atoms with Crippen LogP contribution in [0.3, 0.4) is 0 Å². The second-order valence-corrected chi connectivity index (χ2v) is 6.54. The monoisotopic (exact) mass is 291 g/mol. The molecule has 1 saturated heterocycles. The number of thiophene rings is 1. The summed E-state index contributed by atoms with van der Waals surface area (Å²) >= 11 is 8.06. The van der Waals surface area contributed by atoms with Gasteiger partial charge in [0.05, 0.1) is 0 Å². The number of nitrogens with one attached hydrogen (secondary N) is 1. The van der Waals surface area contributed by atoms with Crippen LogP contribution in [0.4, 0.5) is 0 Å². The molecule has 1 aliphatic rings. The molecule has 1 aliphatic heterocycles. The van der Waals surface area contributed by atoms with E-state index in [1.807, 2.05) is 23.5 Å². The lowest BCUT2D eigenvalue weighted by molar-refractivity contribution is 0.465. The molecule has 2 aromatic rings. The van der Waals surface area contributed by atoms with Crippen molar-refractivity contribution in [3.63, 3.8) is 0 Å². The number of halogens is 1.